The van der Waals surface area contributed by atoms with Gasteiger partial charge in [0.15, 0.2) is 0 Å². The van der Waals surface area contributed by atoms with Gasteiger partial charge in [-0.3, -0.25) is 4.98 Å². The second kappa shape index (κ2) is 5.41. The molecule has 1 fully saturated rings. The summed E-state index contributed by atoms with van der Waals surface area (Å²) >= 11 is 0. The lowest BCUT2D eigenvalue weighted by atomic mass is 10.1. The van der Waals surface area contributed by atoms with Gasteiger partial charge in [-0.05, 0) is 48.9 Å². The minimum absolute atomic E-state index is 0.520. The monoisotopic (exact) mass is 219 g/mol. The van der Waals surface area contributed by atoms with Crippen LogP contribution in [0, 0.1) is 11.8 Å². The van der Waals surface area contributed by atoms with E-state index in [0.29, 0.717) is 6.54 Å². The molecule has 1 aliphatic rings. The number of aromatic nitrogens is 1. The Morgan fingerprint density at radius 1 is 1.56 bits per heavy atom. The van der Waals surface area contributed by atoms with Gasteiger partial charge in [-0.1, -0.05) is 6.92 Å². The SMILES string of the molecule is CC(CNCc1ccnc(CN)c1)C1CC1. The first kappa shape index (κ1) is 11.6. The molecule has 0 aromatic carbocycles. The molecule has 0 amide bonds. The maximum Gasteiger partial charge on any atom is 0.0542 e. The largest absolute Gasteiger partial charge is 0.325 e. The van der Waals surface area contributed by atoms with Crippen molar-refractivity contribution in [2.45, 2.75) is 32.9 Å². The topological polar surface area (TPSA) is 50.9 Å². The fraction of sp³-hybridized carbons (Fsp3) is 0.615. The Balaban J connectivity index is 1.75. The maximum absolute atomic E-state index is 5.56. The number of rotatable bonds is 6. The molecule has 1 heterocycles. The third kappa shape index (κ3) is 3.29. The van der Waals surface area contributed by atoms with Crippen LogP contribution in [0.3, 0.4) is 0 Å². The molecule has 0 aliphatic heterocycles. The van der Waals surface area contributed by atoms with E-state index in [-0.39, 0.29) is 0 Å². The molecule has 1 aromatic heterocycles. The number of nitrogens with two attached hydrogens (primary N) is 1. The molecule has 16 heavy (non-hydrogen) atoms. The van der Waals surface area contributed by atoms with E-state index in [1.807, 2.05) is 12.3 Å². The lowest BCUT2D eigenvalue weighted by Crippen LogP contribution is -2.22. The molecule has 0 bridgehead atoms. The maximum atomic E-state index is 5.56. The Labute approximate surface area is 97.5 Å². The molecule has 1 aromatic rings. The van der Waals surface area contributed by atoms with Gasteiger partial charge in [0.1, 0.15) is 0 Å². The van der Waals surface area contributed by atoms with Gasteiger partial charge in [0.05, 0.1) is 5.69 Å². The minimum Gasteiger partial charge on any atom is -0.325 e. The van der Waals surface area contributed by atoms with Crippen molar-refractivity contribution in [1.29, 1.82) is 0 Å². The Morgan fingerprint density at radius 2 is 2.38 bits per heavy atom. The standard InChI is InChI=1S/C13H21N3/c1-10(12-2-3-12)8-15-9-11-4-5-16-13(6-11)7-14/h4-6,10,12,15H,2-3,7-9,14H2,1H3. The molecule has 0 spiro atoms. The van der Waals surface area contributed by atoms with E-state index < -0.39 is 0 Å². The Kier molecular flexibility index (Phi) is 3.91. The van der Waals surface area contributed by atoms with Gasteiger partial charge in [-0.25, -0.2) is 0 Å². The first-order chi connectivity index (χ1) is 7.79. The molecule has 88 valence electrons. The number of pyridine rings is 1. The van der Waals surface area contributed by atoms with E-state index in [0.717, 1.165) is 30.6 Å². The Morgan fingerprint density at radius 3 is 3.06 bits per heavy atom. The van der Waals surface area contributed by atoms with Crippen LogP contribution < -0.4 is 11.1 Å². The van der Waals surface area contributed by atoms with Crippen LogP contribution in [0.1, 0.15) is 31.0 Å². The highest BCUT2D eigenvalue weighted by Crippen LogP contribution is 2.36. The zero-order valence-electron chi connectivity index (χ0n) is 9.95. The third-order valence-electron chi connectivity index (χ3n) is 3.31. The quantitative estimate of drug-likeness (QED) is 0.765. The van der Waals surface area contributed by atoms with E-state index in [2.05, 4.69) is 23.3 Å². The molecule has 1 unspecified atom stereocenters. The highest BCUT2D eigenvalue weighted by molar-refractivity contribution is 5.15. The zero-order valence-corrected chi connectivity index (χ0v) is 9.95. The van der Waals surface area contributed by atoms with Gasteiger partial charge in [0.2, 0.25) is 0 Å². The summed E-state index contributed by atoms with van der Waals surface area (Å²) in [7, 11) is 0. The van der Waals surface area contributed by atoms with Crippen LogP contribution in [0.5, 0.6) is 0 Å². The molecular weight excluding hydrogens is 198 g/mol. The number of nitrogens with one attached hydrogen (secondary N) is 1. The fourth-order valence-electron chi connectivity index (χ4n) is 2.03. The zero-order chi connectivity index (χ0) is 11.4. The van der Waals surface area contributed by atoms with Gasteiger partial charge < -0.3 is 11.1 Å². The molecule has 1 saturated carbocycles. The second-order valence-electron chi connectivity index (χ2n) is 4.81. The van der Waals surface area contributed by atoms with Crippen molar-refractivity contribution in [2.24, 2.45) is 17.6 Å². The molecule has 3 nitrogen and oxygen atoms in total. The van der Waals surface area contributed by atoms with Gasteiger partial charge in [-0.15, -0.1) is 0 Å². The lowest BCUT2D eigenvalue weighted by molar-refractivity contribution is 0.461. The number of nitrogens with zero attached hydrogens (tertiary/aromatic N) is 1. The Bertz CT molecular complexity index is 334. The van der Waals surface area contributed by atoms with Crippen molar-refractivity contribution in [3.63, 3.8) is 0 Å². The average molecular weight is 219 g/mol. The molecule has 0 radical (unpaired) electrons. The number of hydrogen-bond acceptors (Lipinski definition) is 3. The van der Waals surface area contributed by atoms with E-state index in [9.17, 15) is 0 Å². The van der Waals surface area contributed by atoms with Crippen molar-refractivity contribution in [2.75, 3.05) is 6.54 Å². The predicted octanol–water partition coefficient (Wildman–Crippen LogP) is 1.68. The number of hydrogen-bond donors (Lipinski definition) is 2. The highest BCUT2D eigenvalue weighted by Gasteiger charge is 2.27. The molecular formula is C13H21N3. The van der Waals surface area contributed by atoms with E-state index >= 15 is 0 Å². The first-order valence-electron chi connectivity index (χ1n) is 6.14. The summed E-state index contributed by atoms with van der Waals surface area (Å²) in [4.78, 5) is 4.19. The third-order valence-corrected chi connectivity index (χ3v) is 3.31. The second-order valence-corrected chi connectivity index (χ2v) is 4.81. The van der Waals surface area contributed by atoms with Crippen molar-refractivity contribution in [1.82, 2.24) is 10.3 Å². The normalized spacial score (nSPS) is 17.4. The average Bonchev–Trinajstić information content (AvgIpc) is 3.13. The molecule has 3 heteroatoms. The summed E-state index contributed by atoms with van der Waals surface area (Å²) in [5, 5.41) is 3.51. The Hall–Kier alpha value is -0.930. The van der Waals surface area contributed by atoms with Crippen LogP contribution in [0.4, 0.5) is 0 Å². The fourth-order valence-corrected chi connectivity index (χ4v) is 2.03. The van der Waals surface area contributed by atoms with E-state index in [1.165, 1.54) is 18.4 Å². The summed E-state index contributed by atoms with van der Waals surface area (Å²) in [6.45, 7) is 4.90. The molecule has 2 rings (SSSR count). The van der Waals surface area contributed by atoms with E-state index in [4.69, 9.17) is 5.73 Å². The molecule has 1 aliphatic carbocycles. The van der Waals surface area contributed by atoms with Crippen molar-refractivity contribution < 1.29 is 0 Å². The van der Waals surface area contributed by atoms with Crippen molar-refractivity contribution in [3.05, 3.63) is 29.6 Å². The molecule has 3 N–H and O–H groups in total. The smallest absolute Gasteiger partial charge is 0.0542 e. The summed E-state index contributed by atoms with van der Waals surface area (Å²) in [6, 6.07) is 4.13. The van der Waals surface area contributed by atoms with Crippen molar-refractivity contribution in [3.8, 4) is 0 Å². The van der Waals surface area contributed by atoms with Gasteiger partial charge in [-0.2, -0.15) is 0 Å². The lowest BCUT2D eigenvalue weighted by Gasteiger charge is -2.11. The van der Waals surface area contributed by atoms with Gasteiger partial charge in [0, 0.05) is 19.3 Å². The summed E-state index contributed by atoms with van der Waals surface area (Å²) in [5.41, 5.74) is 7.80. The van der Waals surface area contributed by atoms with Crippen molar-refractivity contribution >= 4 is 0 Å². The van der Waals surface area contributed by atoms with Crippen LogP contribution in [-0.4, -0.2) is 11.5 Å². The van der Waals surface area contributed by atoms with E-state index in [1.54, 1.807) is 0 Å². The molecule has 1 atom stereocenters. The van der Waals surface area contributed by atoms with Gasteiger partial charge in [0.25, 0.3) is 0 Å². The summed E-state index contributed by atoms with van der Waals surface area (Å²) < 4.78 is 0. The van der Waals surface area contributed by atoms with Crippen LogP contribution in [0.25, 0.3) is 0 Å². The predicted molar refractivity (Wildman–Crippen MR) is 65.7 cm³/mol. The van der Waals surface area contributed by atoms with Crippen LogP contribution in [-0.2, 0) is 13.1 Å². The van der Waals surface area contributed by atoms with Gasteiger partial charge >= 0.3 is 0 Å². The minimum atomic E-state index is 0.520. The van der Waals surface area contributed by atoms with Crippen LogP contribution in [0.15, 0.2) is 18.3 Å². The summed E-state index contributed by atoms with van der Waals surface area (Å²) in [5.74, 6) is 1.79. The van der Waals surface area contributed by atoms with Crippen LogP contribution in [0.2, 0.25) is 0 Å². The van der Waals surface area contributed by atoms with Crippen LogP contribution >= 0.6 is 0 Å². The highest BCUT2D eigenvalue weighted by atomic mass is 14.9. The summed E-state index contributed by atoms with van der Waals surface area (Å²) in [6.07, 6.45) is 4.69. The molecule has 0 saturated heterocycles. The first-order valence-corrected chi connectivity index (χ1v) is 6.14.